The number of rotatable bonds is 5. The second-order valence-electron chi connectivity index (χ2n) is 5.04. The molecule has 0 atom stereocenters. The number of amides is 1. The Morgan fingerprint density at radius 3 is 2.20 bits per heavy atom. The van der Waals surface area contributed by atoms with Crippen LogP contribution in [0.3, 0.4) is 0 Å². The number of carbonyl (C=O) groups excluding carboxylic acids is 1. The van der Waals surface area contributed by atoms with Gasteiger partial charge in [-0.3, -0.25) is 9.10 Å². The molecule has 2 rings (SSSR count). The Labute approximate surface area is 165 Å². The SMILES string of the molecule is CS(=O)(=O)N(CC(=O)Nc1cc(Cl)ccc1Cl)c1ccc(Cl)cc1Cl. The highest BCUT2D eigenvalue weighted by atomic mass is 35.5. The van der Waals surface area contributed by atoms with Crippen molar-refractivity contribution in [2.75, 3.05) is 22.4 Å². The van der Waals surface area contributed by atoms with E-state index in [0.717, 1.165) is 10.6 Å². The Morgan fingerprint density at radius 2 is 1.60 bits per heavy atom. The largest absolute Gasteiger partial charge is 0.323 e. The van der Waals surface area contributed by atoms with Crippen LogP contribution in [0.4, 0.5) is 11.4 Å². The number of hydrogen-bond acceptors (Lipinski definition) is 3. The average Bonchev–Trinajstić information content (AvgIpc) is 2.48. The number of hydrogen-bond donors (Lipinski definition) is 1. The highest BCUT2D eigenvalue weighted by Crippen LogP contribution is 2.30. The molecular weight excluding hydrogens is 430 g/mol. The first kappa shape index (κ1) is 20.1. The lowest BCUT2D eigenvalue weighted by molar-refractivity contribution is -0.114. The maximum absolute atomic E-state index is 12.3. The van der Waals surface area contributed by atoms with Gasteiger partial charge in [-0.15, -0.1) is 0 Å². The minimum Gasteiger partial charge on any atom is -0.323 e. The van der Waals surface area contributed by atoms with Gasteiger partial charge in [0.05, 0.1) is 27.7 Å². The fraction of sp³-hybridized carbons (Fsp3) is 0.133. The van der Waals surface area contributed by atoms with E-state index in [-0.39, 0.29) is 21.4 Å². The zero-order valence-corrected chi connectivity index (χ0v) is 16.6. The number of anilines is 2. The van der Waals surface area contributed by atoms with Crippen LogP contribution < -0.4 is 9.62 Å². The Kier molecular flexibility index (Phi) is 6.45. The lowest BCUT2D eigenvalue weighted by atomic mass is 10.3. The third kappa shape index (κ3) is 5.39. The van der Waals surface area contributed by atoms with Crippen molar-refractivity contribution >= 4 is 73.7 Å². The van der Waals surface area contributed by atoms with Crippen LogP contribution in [0.25, 0.3) is 0 Å². The van der Waals surface area contributed by atoms with Gasteiger partial charge in [0.2, 0.25) is 15.9 Å². The number of benzene rings is 2. The van der Waals surface area contributed by atoms with Crippen LogP contribution in [-0.2, 0) is 14.8 Å². The van der Waals surface area contributed by atoms with E-state index in [9.17, 15) is 13.2 Å². The molecule has 10 heteroatoms. The van der Waals surface area contributed by atoms with E-state index >= 15 is 0 Å². The first-order valence-corrected chi connectivity index (χ1v) is 10.1. The molecule has 0 saturated carbocycles. The minimum absolute atomic E-state index is 0.103. The van der Waals surface area contributed by atoms with Crippen LogP contribution >= 0.6 is 46.4 Å². The van der Waals surface area contributed by atoms with Crippen molar-refractivity contribution in [3.05, 3.63) is 56.5 Å². The fourth-order valence-corrected chi connectivity index (χ4v) is 3.74. The molecule has 1 N–H and O–H groups in total. The van der Waals surface area contributed by atoms with Crippen molar-refractivity contribution < 1.29 is 13.2 Å². The van der Waals surface area contributed by atoms with Crippen molar-refractivity contribution in [3.8, 4) is 0 Å². The van der Waals surface area contributed by atoms with Crippen molar-refractivity contribution in [2.45, 2.75) is 0 Å². The van der Waals surface area contributed by atoms with E-state index in [0.29, 0.717) is 10.0 Å². The van der Waals surface area contributed by atoms with E-state index < -0.39 is 22.5 Å². The van der Waals surface area contributed by atoms with Gasteiger partial charge in [0.25, 0.3) is 0 Å². The normalized spacial score (nSPS) is 11.2. The minimum atomic E-state index is -3.77. The van der Waals surface area contributed by atoms with Crippen LogP contribution in [0.15, 0.2) is 36.4 Å². The molecule has 5 nitrogen and oxygen atoms in total. The number of nitrogens with zero attached hydrogens (tertiary/aromatic N) is 1. The molecule has 134 valence electrons. The number of sulfonamides is 1. The Bertz CT molecular complexity index is 919. The lowest BCUT2D eigenvalue weighted by Gasteiger charge is -2.23. The van der Waals surface area contributed by atoms with Crippen molar-refractivity contribution in [1.29, 1.82) is 0 Å². The van der Waals surface area contributed by atoms with Gasteiger partial charge in [-0.25, -0.2) is 8.42 Å². The van der Waals surface area contributed by atoms with Crippen LogP contribution in [0.5, 0.6) is 0 Å². The Morgan fingerprint density at radius 1 is 1.00 bits per heavy atom. The topological polar surface area (TPSA) is 66.5 Å². The van der Waals surface area contributed by atoms with Crippen LogP contribution in [0.2, 0.25) is 20.1 Å². The number of carbonyl (C=O) groups is 1. The second kappa shape index (κ2) is 8.01. The van der Waals surface area contributed by atoms with E-state index in [1.807, 2.05) is 0 Å². The van der Waals surface area contributed by atoms with Gasteiger partial charge in [0.15, 0.2) is 0 Å². The van der Waals surface area contributed by atoms with Gasteiger partial charge in [0, 0.05) is 10.0 Å². The molecule has 0 spiro atoms. The standard InChI is InChI=1S/C15H12Cl4N2O3S/c1-25(23,24)21(14-5-3-9(16)6-12(14)19)8-15(22)20-13-7-10(17)2-4-11(13)18/h2-7H,8H2,1H3,(H,20,22). The van der Waals surface area contributed by atoms with Gasteiger partial charge in [-0.2, -0.15) is 0 Å². The maximum Gasteiger partial charge on any atom is 0.245 e. The monoisotopic (exact) mass is 440 g/mol. The average molecular weight is 442 g/mol. The highest BCUT2D eigenvalue weighted by molar-refractivity contribution is 7.92. The Balaban J connectivity index is 2.28. The van der Waals surface area contributed by atoms with Crippen LogP contribution in [0.1, 0.15) is 0 Å². The molecule has 0 aliphatic heterocycles. The van der Waals surface area contributed by atoms with E-state index in [4.69, 9.17) is 46.4 Å². The molecule has 0 fully saturated rings. The predicted molar refractivity (Wildman–Crippen MR) is 104 cm³/mol. The van der Waals surface area contributed by atoms with E-state index in [2.05, 4.69) is 5.32 Å². The quantitative estimate of drug-likeness (QED) is 0.730. The summed E-state index contributed by atoms with van der Waals surface area (Å²) in [4.78, 5) is 12.3. The van der Waals surface area contributed by atoms with Crippen LogP contribution in [-0.4, -0.2) is 27.1 Å². The van der Waals surface area contributed by atoms with Gasteiger partial charge in [-0.1, -0.05) is 46.4 Å². The zero-order chi connectivity index (χ0) is 18.8. The van der Waals surface area contributed by atoms with Gasteiger partial charge < -0.3 is 5.32 Å². The molecule has 0 unspecified atom stereocenters. The summed E-state index contributed by atoms with van der Waals surface area (Å²) in [5.74, 6) is -0.611. The first-order chi connectivity index (χ1) is 11.6. The zero-order valence-electron chi connectivity index (χ0n) is 12.8. The summed E-state index contributed by atoms with van der Waals surface area (Å²) in [6.07, 6.45) is 0.970. The Hall–Kier alpha value is -1.18. The smallest absolute Gasteiger partial charge is 0.245 e. The van der Waals surface area contributed by atoms with E-state index in [1.54, 1.807) is 6.07 Å². The molecule has 0 aliphatic rings. The molecule has 1 amide bonds. The van der Waals surface area contributed by atoms with E-state index in [1.165, 1.54) is 30.3 Å². The van der Waals surface area contributed by atoms with Gasteiger partial charge >= 0.3 is 0 Å². The summed E-state index contributed by atoms with van der Waals surface area (Å²) in [5, 5.41) is 3.62. The molecule has 0 aliphatic carbocycles. The summed E-state index contributed by atoms with van der Waals surface area (Å²) in [6.45, 7) is -0.497. The molecule has 25 heavy (non-hydrogen) atoms. The molecule has 0 aromatic heterocycles. The molecule has 0 bridgehead atoms. The summed E-state index contributed by atoms with van der Waals surface area (Å²) >= 11 is 23.7. The summed E-state index contributed by atoms with van der Waals surface area (Å²) in [7, 11) is -3.77. The maximum atomic E-state index is 12.3. The fourth-order valence-electron chi connectivity index (χ4n) is 1.98. The molecule has 0 saturated heterocycles. The number of nitrogens with one attached hydrogen (secondary N) is 1. The molecule has 2 aromatic carbocycles. The van der Waals surface area contributed by atoms with Crippen LogP contribution in [0, 0.1) is 0 Å². The third-order valence-electron chi connectivity index (χ3n) is 3.07. The van der Waals surface area contributed by atoms with Crippen molar-refractivity contribution in [1.82, 2.24) is 0 Å². The lowest BCUT2D eigenvalue weighted by Crippen LogP contribution is -2.37. The molecule has 2 aromatic rings. The van der Waals surface area contributed by atoms with Gasteiger partial charge in [-0.05, 0) is 36.4 Å². The summed E-state index contributed by atoms with van der Waals surface area (Å²) in [6, 6.07) is 8.84. The van der Waals surface area contributed by atoms with Gasteiger partial charge in [0.1, 0.15) is 6.54 Å². The summed E-state index contributed by atoms with van der Waals surface area (Å²) in [5.41, 5.74) is 0.413. The first-order valence-electron chi connectivity index (χ1n) is 6.75. The predicted octanol–water partition coefficient (Wildman–Crippen LogP) is 4.70. The second-order valence-corrected chi connectivity index (χ2v) is 8.63. The third-order valence-corrected chi connectivity index (χ3v) is 5.30. The molecular formula is C15H12Cl4N2O3S. The molecule has 0 heterocycles. The number of halogens is 4. The summed E-state index contributed by atoms with van der Waals surface area (Å²) < 4.78 is 25.0. The van der Waals surface area contributed by atoms with Crippen molar-refractivity contribution in [2.24, 2.45) is 0 Å². The molecule has 0 radical (unpaired) electrons. The van der Waals surface area contributed by atoms with Crippen molar-refractivity contribution in [3.63, 3.8) is 0 Å². The highest BCUT2D eigenvalue weighted by Gasteiger charge is 2.23.